The van der Waals surface area contributed by atoms with Crippen LogP contribution in [0, 0.1) is 12.7 Å². The number of rotatable bonds is 6. The van der Waals surface area contributed by atoms with Crippen molar-refractivity contribution in [1.82, 2.24) is 5.32 Å². The van der Waals surface area contributed by atoms with Crippen molar-refractivity contribution in [1.29, 1.82) is 0 Å². The van der Waals surface area contributed by atoms with E-state index in [0.29, 0.717) is 22.1 Å². The smallest absolute Gasteiger partial charge is 0.352 e. The minimum absolute atomic E-state index is 0.0148. The normalized spacial score (nSPS) is 11.1. The van der Waals surface area contributed by atoms with Gasteiger partial charge < -0.3 is 15.2 Å². The van der Waals surface area contributed by atoms with Crippen molar-refractivity contribution in [2.24, 2.45) is 0 Å². The minimum Gasteiger partial charge on any atom is -0.477 e. The fourth-order valence-electron chi connectivity index (χ4n) is 2.64. The van der Waals surface area contributed by atoms with Gasteiger partial charge in [-0.25, -0.2) is 9.18 Å². The Morgan fingerprint density at radius 2 is 1.77 bits per heavy atom. The van der Waals surface area contributed by atoms with E-state index in [-0.39, 0.29) is 11.3 Å². The third-order valence-electron chi connectivity index (χ3n) is 4.14. The maximum atomic E-state index is 13.3. The zero-order valence-electron chi connectivity index (χ0n) is 15.9. The first-order valence-electron chi connectivity index (χ1n) is 8.88. The highest BCUT2D eigenvalue weighted by atomic mass is 35.5. The lowest BCUT2D eigenvalue weighted by atomic mass is 10.1. The Hall–Kier alpha value is -3.64. The highest BCUT2D eigenvalue weighted by Crippen LogP contribution is 2.32. The number of halogens is 2. The van der Waals surface area contributed by atoms with Crippen LogP contribution in [0.1, 0.15) is 21.5 Å². The van der Waals surface area contributed by atoms with Gasteiger partial charge in [-0.15, -0.1) is 0 Å². The first-order valence-corrected chi connectivity index (χ1v) is 9.26. The summed E-state index contributed by atoms with van der Waals surface area (Å²) in [4.78, 5) is 23.7. The number of hydrogen-bond acceptors (Lipinski definition) is 3. The second kappa shape index (κ2) is 9.24. The Morgan fingerprint density at radius 1 is 1.07 bits per heavy atom. The van der Waals surface area contributed by atoms with Gasteiger partial charge in [0.1, 0.15) is 23.0 Å². The minimum atomic E-state index is -1.33. The Bertz CT molecular complexity index is 1110. The Kier molecular flexibility index (Phi) is 6.49. The molecule has 0 fully saturated rings. The van der Waals surface area contributed by atoms with E-state index in [2.05, 4.69) is 5.32 Å². The summed E-state index contributed by atoms with van der Waals surface area (Å²) in [5.41, 5.74) is 1.07. The van der Waals surface area contributed by atoms with Crippen LogP contribution in [-0.4, -0.2) is 17.0 Å². The number of amides is 1. The predicted molar refractivity (Wildman–Crippen MR) is 112 cm³/mol. The molecule has 0 unspecified atom stereocenters. The number of nitrogens with one attached hydrogen (secondary N) is 1. The molecule has 7 heteroatoms. The highest BCUT2D eigenvalue weighted by Gasteiger charge is 2.14. The van der Waals surface area contributed by atoms with Gasteiger partial charge in [-0.05, 0) is 60.5 Å². The fraction of sp³-hybridized carbons (Fsp3) is 0.0435. The first-order chi connectivity index (χ1) is 14.3. The zero-order chi connectivity index (χ0) is 21.7. The molecule has 3 aromatic rings. The van der Waals surface area contributed by atoms with Gasteiger partial charge in [0, 0.05) is 5.56 Å². The zero-order valence-corrected chi connectivity index (χ0v) is 16.6. The molecule has 0 aliphatic heterocycles. The van der Waals surface area contributed by atoms with E-state index in [1.807, 2.05) is 19.1 Å². The van der Waals surface area contributed by atoms with Crippen molar-refractivity contribution < 1.29 is 23.8 Å². The van der Waals surface area contributed by atoms with Gasteiger partial charge in [0.25, 0.3) is 5.91 Å². The molecule has 0 bridgehead atoms. The van der Waals surface area contributed by atoms with Crippen LogP contribution >= 0.6 is 11.6 Å². The molecule has 0 atom stereocenters. The molecule has 30 heavy (non-hydrogen) atoms. The average Bonchev–Trinajstić information content (AvgIpc) is 2.71. The molecular formula is C23H17ClFNO4. The van der Waals surface area contributed by atoms with Crippen LogP contribution in [0.4, 0.5) is 4.39 Å². The van der Waals surface area contributed by atoms with E-state index in [0.717, 1.165) is 11.6 Å². The number of hydrogen-bond donors (Lipinski definition) is 2. The summed E-state index contributed by atoms with van der Waals surface area (Å²) in [6.45, 7) is 1.87. The molecule has 0 aromatic heterocycles. The van der Waals surface area contributed by atoms with Crippen LogP contribution in [0.5, 0.6) is 11.5 Å². The lowest BCUT2D eigenvalue weighted by Gasteiger charge is -2.11. The quantitative estimate of drug-likeness (QED) is 0.516. The van der Waals surface area contributed by atoms with Gasteiger partial charge in [-0.2, -0.15) is 0 Å². The van der Waals surface area contributed by atoms with Crippen molar-refractivity contribution >= 4 is 29.6 Å². The van der Waals surface area contributed by atoms with Gasteiger partial charge >= 0.3 is 5.97 Å². The predicted octanol–water partition coefficient (Wildman–Crippen LogP) is 5.44. The Labute approximate surface area is 177 Å². The monoisotopic (exact) mass is 425 g/mol. The van der Waals surface area contributed by atoms with E-state index in [1.54, 1.807) is 30.3 Å². The van der Waals surface area contributed by atoms with Crippen LogP contribution in [0.15, 0.2) is 72.4 Å². The van der Waals surface area contributed by atoms with E-state index in [4.69, 9.17) is 16.3 Å². The van der Waals surface area contributed by atoms with Crippen molar-refractivity contribution in [2.45, 2.75) is 6.92 Å². The largest absolute Gasteiger partial charge is 0.477 e. The molecule has 0 radical (unpaired) electrons. The van der Waals surface area contributed by atoms with Crippen LogP contribution in [0.2, 0.25) is 5.02 Å². The summed E-state index contributed by atoms with van der Waals surface area (Å²) in [7, 11) is 0. The number of para-hydroxylation sites is 1. The maximum absolute atomic E-state index is 13.3. The second-order valence-electron chi connectivity index (χ2n) is 6.38. The molecule has 5 nitrogen and oxygen atoms in total. The SMILES string of the molecule is Cc1cccc(Cl)c1Oc1ccc(/C=C(\NC(=O)c2cccc(F)c2)C(=O)O)cc1. The van der Waals surface area contributed by atoms with Crippen molar-refractivity contribution in [3.8, 4) is 11.5 Å². The Morgan fingerprint density at radius 3 is 2.40 bits per heavy atom. The lowest BCUT2D eigenvalue weighted by molar-refractivity contribution is -0.132. The summed E-state index contributed by atoms with van der Waals surface area (Å²) >= 11 is 6.16. The molecule has 152 valence electrons. The fourth-order valence-corrected chi connectivity index (χ4v) is 2.90. The highest BCUT2D eigenvalue weighted by molar-refractivity contribution is 6.32. The molecule has 0 heterocycles. The molecule has 0 aliphatic carbocycles. The molecule has 0 spiro atoms. The van der Waals surface area contributed by atoms with Crippen LogP contribution < -0.4 is 10.1 Å². The number of aliphatic carboxylic acids is 1. The number of aryl methyl sites for hydroxylation is 1. The Balaban J connectivity index is 1.78. The number of ether oxygens (including phenoxy) is 1. The van der Waals surface area contributed by atoms with Gasteiger partial charge in [-0.3, -0.25) is 4.79 Å². The molecule has 0 aliphatic rings. The van der Waals surface area contributed by atoms with E-state index >= 15 is 0 Å². The molecular weight excluding hydrogens is 409 g/mol. The number of carbonyl (C=O) groups is 2. The third kappa shape index (κ3) is 5.24. The summed E-state index contributed by atoms with van der Waals surface area (Å²) in [5, 5.41) is 12.2. The molecule has 2 N–H and O–H groups in total. The van der Waals surface area contributed by atoms with E-state index in [9.17, 15) is 19.1 Å². The van der Waals surface area contributed by atoms with Gasteiger partial charge in [0.2, 0.25) is 0 Å². The molecule has 3 rings (SSSR count). The van der Waals surface area contributed by atoms with Gasteiger partial charge in [-0.1, -0.05) is 41.9 Å². The summed E-state index contributed by atoms with van der Waals surface area (Å²) in [6.07, 6.45) is 1.30. The number of carbonyl (C=O) groups excluding carboxylic acids is 1. The molecule has 3 aromatic carbocycles. The number of carboxylic acids is 1. The van der Waals surface area contributed by atoms with E-state index in [1.165, 1.54) is 24.3 Å². The third-order valence-corrected chi connectivity index (χ3v) is 4.44. The standard InChI is InChI=1S/C23H17ClFNO4/c1-14-4-2-7-19(24)21(14)30-18-10-8-15(9-11-18)12-20(23(28)29)26-22(27)16-5-3-6-17(25)13-16/h2-13H,1H3,(H,26,27)(H,28,29)/b20-12-. The van der Waals surface area contributed by atoms with Crippen LogP contribution in [0.3, 0.4) is 0 Å². The van der Waals surface area contributed by atoms with Crippen molar-refractivity contribution in [3.63, 3.8) is 0 Å². The molecule has 1 amide bonds. The van der Waals surface area contributed by atoms with Crippen LogP contribution in [0.25, 0.3) is 6.08 Å². The first kappa shape index (κ1) is 21.1. The molecule has 0 saturated heterocycles. The van der Waals surface area contributed by atoms with Gasteiger partial charge in [0.15, 0.2) is 0 Å². The number of carboxylic acid groups (broad SMARTS) is 1. The average molecular weight is 426 g/mol. The van der Waals surface area contributed by atoms with E-state index < -0.39 is 17.7 Å². The summed E-state index contributed by atoms with van der Waals surface area (Å²) in [6, 6.07) is 17.0. The lowest BCUT2D eigenvalue weighted by Crippen LogP contribution is -2.27. The number of benzene rings is 3. The summed E-state index contributed by atoms with van der Waals surface area (Å²) in [5.74, 6) is -1.59. The second-order valence-corrected chi connectivity index (χ2v) is 6.79. The van der Waals surface area contributed by atoms with Gasteiger partial charge in [0.05, 0.1) is 5.02 Å². The maximum Gasteiger partial charge on any atom is 0.352 e. The van der Waals surface area contributed by atoms with Crippen molar-refractivity contribution in [3.05, 3.63) is 100.0 Å². The topological polar surface area (TPSA) is 75.6 Å². The summed E-state index contributed by atoms with van der Waals surface area (Å²) < 4.78 is 19.1. The van der Waals surface area contributed by atoms with Crippen LogP contribution in [-0.2, 0) is 4.79 Å². The molecule has 0 saturated carbocycles. The van der Waals surface area contributed by atoms with Crippen molar-refractivity contribution in [2.75, 3.05) is 0 Å².